The van der Waals surface area contributed by atoms with Crippen LogP contribution in [0.25, 0.3) is 0 Å². The van der Waals surface area contributed by atoms with Gasteiger partial charge in [-0.05, 0) is 107 Å². The molecule has 3 saturated carbocycles. The summed E-state index contributed by atoms with van der Waals surface area (Å²) in [7, 11) is -8.70. The number of alkyl halides is 1. The lowest BCUT2D eigenvalue weighted by Crippen LogP contribution is -2.71. The Morgan fingerprint density at radius 2 is 1.55 bits per heavy atom. The van der Waals surface area contributed by atoms with Crippen molar-refractivity contribution in [3.8, 4) is 0 Å². The van der Waals surface area contributed by atoms with Gasteiger partial charge in [0, 0.05) is 16.7 Å². The van der Waals surface area contributed by atoms with Gasteiger partial charge in [0.25, 0.3) is 0 Å². The molecule has 4 aliphatic rings. The van der Waals surface area contributed by atoms with Crippen molar-refractivity contribution in [1.29, 1.82) is 0 Å². The van der Waals surface area contributed by atoms with E-state index < -0.39 is 64.7 Å². The van der Waals surface area contributed by atoms with Gasteiger partial charge in [-0.1, -0.05) is 67.0 Å². The summed E-state index contributed by atoms with van der Waals surface area (Å²) < 4.78 is 65.2. The fraction of sp³-hybridized carbons (Fsp3) is 0.846. The van der Waals surface area contributed by atoms with Crippen LogP contribution >= 0.6 is 7.60 Å². The van der Waals surface area contributed by atoms with Crippen LogP contribution in [0.1, 0.15) is 102 Å². The summed E-state index contributed by atoms with van der Waals surface area (Å²) in [6, 6.07) is 0. The maximum absolute atomic E-state index is 19.1. The van der Waals surface area contributed by atoms with Crippen molar-refractivity contribution >= 4 is 35.8 Å². The van der Waals surface area contributed by atoms with Crippen molar-refractivity contribution in [2.45, 2.75) is 155 Å². The second-order valence-electron chi connectivity index (χ2n) is 19.2. The Hall–Kier alpha value is -0.786. The van der Waals surface area contributed by atoms with Gasteiger partial charge in [0.1, 0.15) is 11.9 Å². The highest BCUT2D eigenvalue weighted by Crippen LogP contribution is 2.73. The molecule has 0 unspecified atom stereocenters. The van der Waals surface area contributed by atoms with Gasteiger partial charge in [-0.3, -0.25) is 14.2 Å². The molecule has 4 rings (SSSR count). The molecule has 8 atom stereocenters. The van der Waals surface area contributed by atoms with Gasteiger partial charge in [0.05, 0.1) is 25.9 Å². The zero-order valence-electron chi connectivity index (χ0n) is 34.3. The van der Waals surface area contributed by atoms with Crippen LogP contribution in [0.15, 0.2) is 23.8 Å². The molecule has 0 N–H and O–H groups in total. The van der Waals surface area contributed by atoms with Crippen molar-refractivity contribution in [3.63, 3.8) is 0 Å². The maximum atomic E-state index is 19.1. The summed E-state index contributed by atoms with van der Waals surface area (Å²) in [4.78, 5) is 27.8. The quantitative estimate of drug-likeness (QED) is 0.135. The molecule has 3 fully saturated rings. The largest absolute Gasteiger partial charge is 0.411 e. The molecule has 12 heteroatoms. The summed E-state index contributed by atoms with van der Waals surface area (Å²) in [5.74, 6) is -1.44. The van der Waals surface area contributed by atoms with Crippen LogP contribution in [-0.2, 0) is 36.8 Å². The molecule has 0 heterocycles. The Balaban J connectivity index is 1.93. The SMILES string of the molecule is CCOP(=O)(CO[C@]1(C(=O)CO[Si](C)(C)C(C)(C)C)[C@H](C)C[C@H]2[C@@H]3CCC4=CC(=O)C=C[C@]4(C)[C@@]3(F)[C@@H](O[Si](C)(C)C(C)(C)C)C[C@@]21C)OCC. The number of hydrogen-bond acceptors (Lipinski definition) is 8. The van der Waals surface area contributed by atoms with Gasteiger partial charge < -0.3 is 22.6 Å². The maximum Gasteiger partial charge on any atom is 0.356 e. The number of halogens is 1. The second-order valence-corrected chi connectivity index (χ2v) is 30.7. The second kappa shape index (κ2) is 14.1. The zero-order chi connectivity index (χ0) is 38.9. The normalized spacial score (nSPS) is 36.0. The predicted molar refractivity (Wildman–Crippen MR) is 207 cm³/mol. The van der Waals surface area contributed by atoms with Gasteiger partial charge in [-0.2, -0.15) is 0 Å². The summed E-state index contributed by atoms with van der Waals surface area (Å²) >= 11 is 0. The van der Waals surface area contributed by atoms with Gasteiger partial charge >= 0.3 is 7.60 Å². The molecule has 8 nitrogen and oxygen atoms in total. The van der Waals surface area contributed by atoms with E-state index in [1.807, 2.05) is 13.8 Å². The van der Waals surface area contributed by atoms with E-state index in [0.717, 1.165) is 5.57 Å². The third-order valence-corrected chi connectivity index (χ3v) is 25.0. The van der Waals surface area contributed by atoms with E-state index >= 15 is 9.18 Å². The molecule has 51 heavy (non-hydrogen) atoms. The molecule has 0 saturated heterocycles. The molecule has 0 aliphatic heterocycles. The minimum absolute atomic E-state index is 0.116. The lowest BCUT2D eigenvalue weighted by atomic mass is 9.44. The Labute approximate surface area is 310 Å². The lowest BCUT2D eigenvalue weighted by molar-refractivity contribution is -0.223. The molecular weight excluding hydrogens is 703 g/mol. The van der Waals surface area contributed by atoms with Crippen LogP contribution in [0.3, 0.4) is 0 Å². The van der Waals surface area contributed by atoms with Crippen molar-refractivity contribution in [1.82, 2.24) is 0 Å². The Kier molecular flexibility index (Phi) is 11.8. The fourth-order valence-corrected chi connectivity index (χ4v) is 13.0. The topological polar surface area (TPSA) is 97.4 Å². The van der Waals surface area contributed by atoms with Gasteiger partial charge in [0.15, 0.2) is 33.9 Å². The van der Waals surface area contributed by atoms with E-state index in [9.17, 15) is 9.36 Å². The predicted octanol–water partition coefficient (Wildman–Crippen LogP) is 10.2. The lowest BCUT2D eigenvalue weighted by Gasteiger charge is -2.65. The first-order valence-corrected chi connectivity index (χ1v) is 26.7. The molecule has 4 aliphatic carbocycles. The van der Waals surface area contributed by atoms with Crippen LogP contribution in [0.5, 0.6) is 0 Å². The molecular formula is C39H68FO8PSi2. The number of rotatable bonds is 13. The van der Waals surface area contributed by atoms with Crippen LogP contribution in [0.4, 0.5) is 4.39 Å². The number of allylic oxidation sites excluding steroid dienone is 4. The Morgan fingerprint density at radius 3 is 2.08 bits per heavy atom. The Morgan fingerprint density at radius 1 is 0.980 bits per heavy atom. The Bertz CT molecular complexity index is 1460. The number of carbonyl (C=O) groups excluding carboxylic acids is 2. The molecule has 0 radical (unpaired) electrons. The van der Waals surface area contributed by atoms with Crippen LogP contribution in [0, 0.1) is 28.6 Å². The van der Waals surface area contributed by atoms with Gasteiger partial charge in [-0.25, -0.2) is 4.39 Å². The third-order valence-electron chi connectivity index (χ3n) is 14.3. The summed E-state index contributed by atoms with van der Waals surface area (Å²) in [6.07, 6.45) is 5.47. The summed E-state index contributed by atoms with van der Waals surface area (Å²) in [5.41, 5.74) is -4.49. The number of Topliss-reactive ketones (excluding diaryl/α,β-unsaturated/α-hetero) is 1. The van der Waals surface area contributed by atoms with Gasteiger partial charge in [0.2, 0.25) is 0 Å². The van der Waals surface area contributed by atoms with Crippen LogP contribution in [-0.4, -0.2) is 71.7 Å². The minimum Gasteiger partial charge on any atom is -0.411 e. The van der Waals surface area contributed by atoms with E-state index in [4.69, 9.17) is 22.6 Å². The highest BCUT2D eigenvalue weighted by molar-refractivity contribution is 7.53. The van der Waals surface area contributed by atoms with E-state index in [1.165, 1.54) is 6.08 Å². The molecule has 0 bridgehead atoms. The molecule has 0 aromatic carbocycles. The third kappa shape index (κ3) is 7.00. The molecule has 292 valence electrons. The van der Waals surface area contributed by atoms with Crippen LogP contribution in [0.2, 0.25) is 36.3 Å². The van der Waals surface area contributed by atoms with E-state index in [0.29, 0.717) is 19.3 Å². The van der Waals surface area contributed by atoms with Crippen molar-refractivity contribution in [2.75, 3.05) is 26.2 Å². The minimum atomic E-state index is -3.74. The zero-order valence-corrected chi connectivity index (χ0v) is 37.2. The number of carbonyl (C=O) groups is 2. The van der Waals surface area contributed by atoms with Gasteiger partial charge in [-0.15, -0.1) is 0 Å². The smallest absolute Gasteiger partial charge is 0.356 e. The first-order chi connectivity index (χ1) is 23.1. The monoisotopic (exact) mass is 770 g/mol. The molecule has 0 aromatic rings. The molecule has 0 amide bonds. The standard InChI is InChI=1S/C39H68FO8PSi2/c1-16-45-49(43,46-17-2)26-44-39(32(42)25-47-50(12,13)34(4,5)6)27(3)22-31-30-19-18-28-23-29(41)20-21-36(28,10)38(30,40)33(24-37(31,39)11)48-51(14,15)35(7,8)9/h20-21,23,27,30-31,33H,16-19,22,24-26H2,1-15H3/t27-,30+,31+,33+,36+,37+,38+,39+/m1/s1. The molecule has 0 spiro atoms. The van der Waals surface area contributed by atoms with E-state index in [1.54, 1.807) is 26.0 Å². The fourth-order valence-electron chi connectivity index (χ4n) is 9.39. The number of ether oxygens (including phenoxy) is 1. The number of fused-ring (bicyclic) bond motifs is 5. The van der Waals surface area contributed by atoms with Crippen molar-refractivity contribution < 1.29 is 41.2 Å². The first-order valence-electron chi connectivity index (χ1n) is 19.1. The van der Waals surface area contributed by atoms with E-state index in [-0.39, 0.29) is 59.7 Å². The average Bonchev–Trinajstić information content (AvgIpc) is 3.21. The van der Waals surface area contributed by atoms with Crippen molar-refractivity contribution in [2.24, 2.45) is 28.6 Å². The first kappa shape index (κ1) is 42.9. The van der Waals surface area contributed by atoms with E-state index in [2.05, 4.69) is 74.7 Å². The number of hydrogen-bond donors (Lipinski definition) is 0. The average molecular weight is 771 g/mol. The number of ketones is 2. The highest BCUT2D eigenvalue weighted by atomic mass is 31.2. The summed E-state index contributed by atoms with van der Waals surface area (Å²) in [6.45, 7) is 31.0. The van der Waals surface area contributed by atoms with Crippen molar-refractivity contribution in [3.05, 3.63) is 23.8 Å². The molecule has 0 aromatic heterocycles. The highest BCUT2D eigenvalue weighted by Gasteiger charge is 2.77. The summed E-state index contributed by atoms with van der Waals surface area (Å²) in [5, 5.41) is -0.346. The van der Waals surface area contributed by atoms with Crippen LogP contribution < -0.4 is 0 Å².